The van der Waals surface area contributed by atoms with Crippen molar-refractivity contribution in [3.63, 3.8) is 0 Å². The molecule has 0 bridgehead atoms. The molecule has 0 spiro atoms. The Balaban J connectivity index is 1.57. The quantitative estimate of drug-likeness (QED) is 0.855. The van der Waals surface area contributed by atoms with E-state index in [9.17, 15) is 0 Å². The second kappa shape index (κ2) is 5.88. The van der Waals surface area contributed by atoms with E-state index in [0.717, 1.165) is 18.9 Å². The minimum Gasteiger partial charge on any atom is -0.338 e. The van der Waals surface area contributed by atoms with Gasteiger partial charge in [0.2, 0.25) is 0 Å². The number of imidazole rings is 1. The number of rotatable bonds is 4. The molecule has 3 heterocycles. The van der Waals surface area contributed by atoms with E-state index in [1.165, 1.54) is 36.6 Å². The van der Waals surface area contributed by atoms with Gasteiger partial charge in [-0.2, -0.15) is 0 Å². The van der Waals surface area contributed by atoms with Crippen molar-refractivity contribution in [2.24, 2.45) is 13.0 Å². The van der Waals surface area contributed by atoms with Gasteiger partial charge in [-0.15, -0.1) is 11.3 Å². The maximum Gasteiger partial charge on any atom is 0.108 e. The molecular weight excluding hydrogens is 254 g/mol. The summed E-state index contributed by atoms with van der Waals surface area (Å²) in [5.74, 6) is 1.98. The van der Waals surface area contributed by atoms with E-state index < -0.39 is 0 Å². The number of likely N-dealkylation sites (tertiary alicyclic amines) is 1. The third-order valence-electron chi connectivity index (χ3n) is 3.95. The van der Waals surface area contributed by atoms with Crippen LogP contribution >= 0.6 is 11.3 Å². The summed E-state index contributed by atoms with van der Waals surface area (Å²) < 4.78 is 2.15. The highest BCUT2D eigenvalue weighted by atomic mass is 32.1. The van der Waals surface area contributed by atoms with Gasteiger partial charge in [-0.25, -0.2) is 4.98 Å². The average molecular weight is 275 g/mol. The molecule has 1 fully saturated rings. The van der Waals surface area contributed by atoms with Crippen LogP contribution in [0.15, 0.2) is 29.9 Å². The second-order valence-corrected chi connectivity index (χ2v) is 6.51. The largest absolute Gasteiger partial charge is 0.338 e. The Bertz CT molecular complexity index is 503. The van der Waals surface area contributed by atoms with Crippen molar-refractivity contribution in [1.29, 1.82) is 0 Å². The molecule has 4 heteroatoms. The van der Waals surface area contributed by atoms with E-state index in [4.69, 9.17) is 0 Å². The molecule has 0 saturated carbocycles. The zero-order chi connectivity index (χ0) is 13.1. The molecule has 0 amide bonds. The SMILES string of the molecule is Cn1ccnc1C[C@H]1CCCN(Cc2cccs2)C1. The van der Waals surface area contributed by atoms with E-state index in [1.807, 2.05) is 23.7 Å². The van der Waals surface area contributed by atoms with Crippen molar-refractivity contribution < 1.29 is 0 Å². The zero-order valence-electron chi connectivity index (χ0n) is 11.5. The number of nitrogens with zero attached hydrogens (tertiary/aromatic N) is 3. The van der Waals surface area contributed by atoms with Crippen LogP contribution in [0.5, 0.6) is 0 Å². The van der Waals surface area contributed by atoms with Gasteiger partial charge in [0, 0.05) is 43.8 Å². The van der Waals surface area contributed by atoms with E-state index in [0.29, 0.717) is 0 Å². The number of hydrogen-bond acceptors (Lipinski definition) is 3. The third-order valence-corrected chi connectivity index (χ3v) is 4.82. The first-order chi connectivity index (χ1) is 9.31. The van der Waals surface area contributed by atoms with Crippen molar-refractivity contribution >= 4 is 11.3 Å². The normalized spacial score (nSPS) is 20.8. The summed E-state index contributed by atoms with van der Waals surface area (Å²) >= 11 is 1.87. The molecular formula is C15H21N3S. The van der Waals surface area contributed by atoms with Crippen LogP contribution in [-0.2, 0) is 20.0 Å². The number of hydrogen-bond donors (Lipinski definition) is 0. The van der Waals surface area contributed by atoms with E-state index >= 15 is 0 Å². The topological polar surface area (TPSA) is 21.1 Å². The van der Waals surface area contributed by atoms with Crippen LogP contribution in [0.3, 0.4) is 0 Å². The lowest BCUT2D eigenvalue weighted by molar-refractivity contribution is 0.166. The molecule has 1 aliphatic rings. The van der Waals surface area contributed by atoms with Crippen LogP contribution in [0, 0.1) is 5.92 Å². The Morgan fingerprint density at radius 2 is 2.42 bits per heavy atom. The molecule has 2 aromatic rings. The van der Waals surface area contributed by atoms with Crippen molar-refractivity contribution in [3.05, 3.63) is 40.6 Å². The Kier molecular flexibility index (Phi) is 3.99. The fraction of sp³-hybridized carbons (Fsp3) is 0.533. The molecule has 1 aliphatic heterocycles. The molecule has 0 aromatic carbocycles. The van der Waals surface area contributed by atoms with Gasteiger partial charge in [0.15, 0.2) is 0 Å². The van der Waals surface area contributed by atoms with Gasteiger partial charge in [-0.05, 0) is 36.8 Å². The summed E-state index contributed by atoms with van der Waals surface area (Å²) in [4.78, 5) is 8.54. The van der Waals surface area contributed by atoms with Crippen molar-refractivity contribution in [1.82, 2.24) is 14.5 Å². The second-order valence-electron chi connectivity index (χ2n) is 5.48. The third kappa shape index (κ3) is 3.25. The number of piperidine rings is 1. The molecule has 2 aromatic heterocycles. The first-order valence-electron chi connectivity index (χ1n) is 7.02. The first-order valence-corrected chi connectivity index (χ1v) is 7.90. The Hall–Kier alpha value is -1.13. The summed E-state index contributed by atoms with van der Waals surface area (Å²) in [6.07, 6.45) is 7.72. The standard InChI is InChI=1S/C15H21N3S/c1-17-8-6-16-15(17)10-13-4-2-7-18(11-13)12-14-5-3-9-19-14/h3,5-6,8-9,13H,2,4,7,10-12H2,1H3/t13-/m1/s1. The molecule has 1 atom stereocenters. The van der Waals surface area contributed by atoms with Crippen molar-refractivity contribution in [2.45, 2.75) is 25.8 Å². The van der Waals surface area contributed by atoms with E-state index in [2.05, 4.69) is 39.0 Å². The molecule has 102 valence electrons. The molecule has 19 heavy (non-hydrogen) atoms. The van der Waals surface area contributed by atoms with Gasteiger partial charge < -0.3 is 4.57 Å². The minimum absolute atomic E-state index is 0.759. The monoisotopic (exact) mass is 275 g/mol. The molecule has 0 radical (unpaired) electrons. The van der Waals surface area contributed by atoms with Crippen LogP contribution in [0.2, 0.25) is 0 Å². The van der Waals surface area contributed by atoms with Crippen LogP contribution in [0.4, 0.5) is 0 Å². The van der Waals surface area contributed by atoms with E-state index in [-0.39, 0.29) is 0 Å². The highest BCUT2D eigenvalue weighted by Crippen LogP contribution is 2.22. The number of aromatic nitrogens is 2. The summed E-state index contributed by atoms with van der Waals surface area (Å²) in [6, 6.07) is 4.39. The molecule has 0 aliphatic carbocycles. The van der Waals surface area contributed by atoms with Crippen LogP contribution in [0.25, 0.3) is 0 Å². The molecule has 0 unspecified atom stereocenters. The fourth-order valence-electron chi connectivity index (χ4n) is 2.94. The van der Waals surface area contributed by atoms with Gasteiger partial charge in [0.1, 0.15) is 5.82 Å². The van der Waals surface area contributed by atoms with Crippen LogP contribution in [-0.4, -0.2) is 27.5 Å². The Morgan fingerprint density at radius 3 is 3.16 bits per heavy atom. The lowest BCUT2D eigenvalue weighted by atomic mass is 9.94. The Labute approximate surface area is 118 Å². The predicted octanol–water partition coefficient (Wildman–Crippen LogP) is 2.94. The summed E-state index contributed by atoms with van der Waals surface area (Å²) in [5, 5.41) is 2.17. The zero-order valence-corrected chi connectivity index (χ0v) is 12.3. The molecule has 3 rings (SSSR count). The van der Waals surface area contributed by atoms with Crippen molar-refractivity contribution in [3.8, 4) is 0 Å². The van der Waals surface area contributed by atoms with Crippen LogP contribution < -0.4 is 0 Å². The van der Waals surface area contributed by atoms with Gasteiger partial charge in [0.25, 0.3) is 0 Å². The first kappa shape index (κ1) is 12.9. The molecule has 0 N–H and O–H groups in total. The summed E-state index contributed by atoms with van der Waals surface area (Å²) in [7, 11) is 2.09. The lowest BCUT2D eigenvalue weighted by Gasteiger charge is -2.32. The van der Waals surface area contributed by atoms with Crippen molar-refractivity contribution in [2.75, 3.05) is 13.1 Å². The fourth-order valence-corrected chi connectivity index (χ4v) is 3.68. The average Bonchev–Trinajstić information content (AvgIpc) is 3.03. The van der Waals surface area contributed by atoms with Gasteiger partial charge in [-0.3, -0.25) is 4.90 Å². The molecule has 3 nitrogen and oxygen atoms in total. The Morgan fingerprint density at radius 1 is 1.47 bits per heavy atom. The number of aryl methyl sites for hydroxylation is 1. The lowest BCUT2D eigenvalue weighted by Crippen LogP contribution is -2.35. The van der Waals surface area contributed by atoms with Gasteiger partial charge in [-0.1, -0.05) is 6.07 Å². The van der Waals surface area contributed by atoms with Gasteiger partial charge in [0.05, 0.1) is 0 Å². The maximum absolute atomic E-state index is 4.46. The van der Waals surface area contributed by atoms with Crippen LogP contribution in [0.1, 0.15) is 23.5 Å². The minimum atomic E-state index is 0.759. The smallest absolute Gasteiger partial charge is 0.108 e. The predicted molar refractivity (Wildman–Crippen MR) is 79.2 cm³/mol. The highest BCUT2D eigenvalue weighted by molar-refractivity contribution is 7.09. The maximum atomic E-state index is 4.46. The number of thiophene rings is 1. The van der Waals surface area contributed by atoms with E-state index in [1.54, 1.807) is 0 Å². The summed E-state index contributed by atoms with van der Waals surface area (Å²) in [6.45, 7) is 3.58. The summed E-state index contributed by atoms with van der Waals surface area (Å²) in [5.41, 5.74) is 0. The highest BCUT2D eigenvalue weighted by Gasteiger charge is 2.21. The van der Waals surface area contributed by atoms with Gasteiger partial charge >= 0.3 is 0 Å². The molecule has 1 saturated heterocycles.